The number of carboxylic acid groups (broad SMARTS) is 1. The van der Waals surface area contributed by atoms with E-state index < -0.39 is 5.97 Å². The SMILES string of the molecule is CCc1nc(CN(CC(=O)O)C2CCCC2)cs1. The lowest BCUT2D eigenvalue weighted by molar-refractivity contribution is -0.139. The molecule has 0 bridgehead atoms. The van der Waals surface area contributed by atoms with Gasteiger partial charge in [0.1, 0.15) is 0 Å². The first-order valence-corrected chi connectivity index (χ1v) is 7.46. The first-order valence-electron chi connectivity index (χ1n) is 6.58. The monoisotopic (exact) mass is 268 g/mol. The van der Waals surface area contributed by atoms with Crippen molar-refractivity contribution in [3.63, 3.8) is 0 Å². The molecular formula is C13H20N2O2S. The highest BCUT2D eigenvalue weighted by atomic mass is 32.1. The van der Waals surface area contributed by atoms with Crippen LogP contribution in [0.5, 0.6) is 0 Å². The highest BCUT2D eigenvalue weighted by molar-refractivity contribution is 7.09. The summed E-state index contributed by atoms with van der Waals surface area (Å²) in [5.41, 5.74) is 1.02. The minimum atomic E-state index is -0.743. The van der Waals surface area contributed by atoms with Crippen molar-refractivity contribution >= 4 is 17.3 Å². The third-order valence-corrected chi connectivity index (χ3v) is 4.49. The van der Waals surface area contributed by atoms with Crippen molar-refractivity contribution in [1.29, 1.82) is 0 Å². The summed E-state index contributed by atoms with van der Waals surface area (Å²) in [6.45, 7) is 2.89. The molecule has 1 aromatic rings. The van der Waals surface area contributed by atoms with Crippen molar-refractivity contribution < 1.29 is 9.90 Å². The maximum atomic E-state index is 11.0. The Bertz CT molecular complexity index is 399. The predicted octanol–water partition coefficient (Wildman–Crippen LogP) is 2.53. The summed E-state index contributed by atoms with van der Waals surface area (Å²) in [7, 11) is 0. The zero-order valence-electron chi connectivity index (χ0n) is 10.8. The molecule has 1 N–H and O–H groups in total. The van der Waals surface area contributed by atoms with Gasteiger partial charge in [0.2, 0.25) is 0 Å². The summed E-state index contributed by atoms with van der Waals surface area (Å²) in [6, 6.07) is 0.424. The quantitative estimate of drug-likeness (QED) is 0.861. The van der Waals surface area contributed by atoms with Gasteiger partial charge in [-0.2, -0.15) is 0 Å². The first kappa shape index (κ1) is 13.5. The summed E-state index contributed by atoms with van der Waals surface area (Å²) >= 11 is 1.67. The molecule has 0 radical (unpaired) electrons. The van der Waals surface area contributed by atoms with Crippen LogP contribution >= 0.6 is 11.3 Å². The molecule has 1 aliphatic rings. The summed E-state index contributed by atoms with van der Waals surface area (Å²) < 4.78 is 0. The molecule has 0 spiro atoms. The normalized spacial score (nSPS) is 16.6. The molecule has 0 aromatic carbocycles. The molecule has 1 aliphatic carbocycles. The van der Waals surface area contributed by atoms with Crippen molar-refractivity contribution in [3.8, 4) is 0 Å². The number of rotatable bonds is 6. The van der Waals surface area contributed by atoms with Gasteiger partial charge in [-0.1, -0.05) is 19.8 Å². The number of hydrogen-bond donors (Lipinski definition) is 1. The fourth-order valence-corrected chi connectivity index (χ4v) is 3.29. The second-order valence-electron chi connectivity index (χ2n) is 4.82. The van der Waals surface area contributed by atoms with E-state index in [-0.39, 0.29) is 6.54 Å². The van der Waals surface area contributed by atoms with E-state index in [1.54, 1.807) is 11.3 Å². The molecule has 0 aliphatic heterocycles. The van der Waals surface area contributed by atoms with Crippen LogP contribution in [-0.2, 0) is 17.8 Å². The van der Waals surface area contributed by atoms with Crippen LogP contribution in [0.4, 0.5) is 0 Å². The lowest BCUT2D eigenvalue weighted by Gasteiger charge is -2.26. The summed E-state index contributed by atoms with van der Waals surface area (Å²) in [5.74, 6) is -0.743. The van der Waals surface area contributed by atoms with E-state index >= 15 is 0 Å². The molecule has 1 saturated carbocycles. The van der Waals surface area contributed by atoms with E-state index in [9.17, 15) is 4.79 Å². The summed E-state index contributed by atoms with van der Waals surface area (Å²) in [6.07, 6.45) is 5.64. The smallest absolute Gasteiger partial charge is 0.317 e. The molecule has 1 fully saturated rings. The number of carboxylic acids is 1. The number of nitrogens with zero attached hydrogens (tertiary/aromatic N) is 2. The van der Waals surface area contributed by atoms with Gasteiger partial charge in [0.15, 0.2) is 0 Å². The zero-order valence-corrected chi connectivity index (χ0v) is 11.6. The molecule has 0 unspecified atom stereocenters. The Labute approximate surface area is 112 Å². The van der Waals surface area contributed by atoms with Crippen molar-refractivity contribution in [2.45, 2.75) is 51.6 Å². The summed E-state index contributed by atoms with van der Waals surface area (Å²) in [4.78, 5) is 17.6. The van der Waals surface area contributed by atoms with Crippen LogP contribution in [0.1, 0.15) is 43.3 Å². The largest absolute Gasteiger partial charge is 0.480 e. The molecule has 4 nitrogen and oxygen atoms in total. The number of aliphatic carboxylic acids is 1. The maximum absolute atomic E-state index is 11.0. The van der Waals surface area contributed by atoms with Crippen LogP contribution in [0.25, 0.3) is 0 Å². The zero-order chi connectivity index (χ0) is 13.0. The second-order valence-corrected chi connectivity index (χ2v) is 5.77. The number of carbonyl (C=O) groups is 1. The summed E-state index contributed by atoms with van der Waals surface area (Å²) in [5, 5.41) is 12.2. The minimum absolute atomic E-state index is 0.129. The van der Waals surface area contributed by atoms with E-state index in [1.807, 2.05) is 0 Å². The average Bonchev–Trinajstić information content (AvgIpc) is 2.98. The first-order chi connectivity index (χ1) is 8.69. The van der Waals surface area contributed by atoms with Crippen LogP contribution in [0.3, 0.4) is 0 Å². The van der Waals surface area contributed by atoms with E-state index in [0.29, 0.717) is 12.6 Å². The van der Waals surface area contributed by atoms with Gasteiger partial charge in [-0.3, -0.25) is 9.69 Å². The average molecular weight is 268 g/mol. The second kappa shape index (κ2) is 6.29. The number of aromatic nitrogens is 1. The lowest BCUT2D eigenvalue weighted by atomic mass is 10.2. The Kier molecular flexibility index (Phi) is 4.72. The van der Waals surface area contributed by atoms with Gasteiger partial charge < -0.3 is 5.11 Å². The number of hydrogen-bond acceptors (Lipinski definition) is 4. The fraction of sp³-hybridized carbons (Fsp3) is 0.692. The molecule has 18 heavy (non-hydrogen) atoms. The Morgan fingerprint density at radius 1 is 1.56 bits per heavy atom. The van der Waals surface area contributed by atoms with Gasteiger partial charge in [-0.05, 0) is 19.3 Å². The third-order valence-electron chi connectivity index (χ3n) is 3.45. The molecule has 0 atom stereocenters. The van der Waals surface area contributed by atoms with Crippen LogP contribution in [-0.4, -0.2) is 33.5 Å². The fourth-order valence-electron chi connectivity index (χ4n) is 2.55. The number of aryl methyl sites for hydroxylation is 1. The van der Waals surface area contributed by atoms with E-state index in [4.69, 9.17) is 5.11 Å². The van der Waals surface area contributed by atoms with Crippen LogP contribution in [0.15, 0.2) is 5.38 Å². The Morgan fingerprint density at radius 2 is 2.28 bits per heavy atom. The minimum Gasteiger partial charge on any atom is -0.480 e. The van der Waals surface area contributed by atoms with Gasteiger partial charge in [0, 0.05) is 18.0 Å². The van der Waals surface area contributed by atoms with E-state index in [1.165, 1.54) is 12.8 Å². The van der Waals surface area contributed by atoms with Gasteiger partial charge in [-0.25, -0.2) is 4.98 Å². The van der Waals surface area contributed by atoms with Crippen LogP contribution in [0.2, 0.25) is 0 Å². The Hall–Kier alpha value is -0.940. The number of thiazole rings is 1. The molecule has 1 aromatic heterocycles. The van der Waals surface area contributed by atoms with Gasteiger partial charge in [0.25, 0.3) is 0 Å². The van der Waals surface area contributed by atoms with E-state index in [0.717, 1.165) is 30.0 Å². The van der Waals surface area contributed by atoms with Crippen molar-refractivity contribution in [1.82, 2.24) is 9.88 Å². The molecule has 100 valence electrons. The van der Waals surface area contributed by atoms with E-state index in [2.05, 4.69) is 22.2 Å². The van der Waals surface area contributed by atoms with Gasteiger partial charge >= 0.3 is 5.97 Å². The maximum Gasteiger partial charge on any atom is 0.317 e. The van der Waals surface area contributed by atoms with Crippen molar-refractivity contribution in [2.75, 3.05) is 6.54 Å². The molecule has 0 saturated heterocycles. The van der Waals surface area contributed by atoms with Crippen molar-refractivity contribution in [3.05, 3.63) is 16.1 Å². The Balaban J connectivity index is 2.01. The van der Waals surface area contributed by atoms with Gasteiger partial charge in [0.05, 0.1) is 17.2 Å². The third kappa shape index (κ3) is 3.53. The van der Waals surface area contributed by atoms with Gasteiger partial charge in [-0.15, -0.1) is 11.3 Å². The molecule has 2 rings (SSSR count). The topological polar surface area (TPSA) is 53.4 Å². The molecular weight excluding hydrogens is 248 g/mol. The highest BCUT2D eigenvalue weighted by Gasteiger charge is 2.24. The molecule has 0 amide bonds. The lowest BCUT2D eigenvalue weighted by Crippen LogP contribution is -2.37. The Morgan fingerprint density at radius 3 is 2.83 bits per heavy atom. The molecule has 1 heterocycles. The highest BCUT2D eigenvalue weighted by Crippen LogP contribution is 2.25. The van der Waals surface area contributed by atoms with Crippen LogP contribution in [0, 0.1) is 0 Å². The molecule has 5 heteroatoms. The predicted molar refractivity (Wildman–Crippen MR) is 71.8 cm³/mol. The van der Waals surface area contributed by atoms with Crippen LogP contribution < -0.4 is 0 Å². The standard InChI is InChI=1S/C13H20N2O2S/c1-2-12-14-10(9-18-12)7-15(8-13(16)17)11-5-3-4-6-11/h9,11H,2-8H2,1H3,(H,16,17). The van der Waals surface area contributed by atoms with Crippen molar-refractivity contribution in [2.24, 2.45) is 0 Å².